The second-order valence-electron chi connectivity index (χ2n) is 6.80. The molecule has 2 heterocycles. The highest BCUT2D eigenvalue weighted by Crippen LogP contribution is 2.29. The molecular formula is C21H22N4O2. The lowest BCUT2D eigenvalue weighted by molar-refractivity contribution is 0.0753. The summed E-state index contributed by atoms with van der Waals surface area (Å²) in [5, 5.41) is 15.6. The van der Waals surface area contributed by atoms with E-state index in [0.717, 1.165) is 46.3 Å². The number of oxime groups is 1. The van der Waals surface area contributed by atoms with Crippen LogP contribution in [0.2, 0.25) is 0 Å². The number of carbonyl (C=O) groups is 1. The summed E-state index contributed by atoms with van der Waals surface area (Å²) in [6, 6.07) is 13.6. The average Bonchev–Trinajstić information content (AvgIpc) is 3.34. The fraction of sp³-hybridized carbons (Fsp3) is 0.286. The maximum Gasteiger partial charge on any atom is 0.251 e. The lowest BCUT2D eigenvalue weighted by atomic mass is 10.0. The van der Waals surface area contributed by atoms with Crippen LogP contribution >= 0.6 is 0 Å². The van der Waals surface area contributed by atoms with Crippen molar-refractivity contribution >= 4 is 22.5 Å². The first kappa shape index (κ1) is 17.3. The first-order valence-corrected chi connectivity index (χ1v) is 9.19. The second-order valence-corrected chi connectivity index (χ2v) is 6.80. The maximum absolute atomic E-state index is 12.6. The Morgan fingerprint density at radius 1 is 1.30 bits per heavy atom. The SMILES string of the molecule is CCC1=NO[C@H](CNC(=O)c2cccc(-c3n[nH]c4cccc(C)c34)c2)C1. The predicted octanol–water partition coefficient (Wildman–Crippen LogP) is 3.82. The van der Waals surface area contributed by atoms with Crippen LogP contribution in [0.1, 0.15) is 35.7 Å². The van der Waals surface area contributed by atoms with Gasteiger partial charge in [-0.15, -0.1) is 0 Å². The van der Waals surface area contributed by atoms with Crippen LogP contribution in [0.15, 0.2) is 47.6 Å². The van der Waals surface area contributed by atoms with Crippen molar-refractivity contribution in [3.63, 3.8) is 0 Å². The lowest BCUT2D eigenvalue weighted by Crippen LogP contribution is -2.32. The van der Waals surface area contributed by atoms with Gasteiger partial charge < -0.3 is 10.2 Å². The maximum atomic E-state index is 12.6. The number of H-pyrrole nitrogens is 1. The zero-order valence-corrected chi connectivity index (χ0v) is 15.5. The van der Waals surface area contributed by atoms with Gasteiger partial charge in [-0.3, -0.25) is 9.89 Å². The van der Waals surface area contributed by atoms with Crippen molar-refractivity contribution in [1.82, 2.24) is 15.5 Å². The molecule has 0 radical (unpaired) electrons. The Balaban J connectivity index is 1.51. The van der Waals surface area contributed by atoms with Crippen molar-refractivity contribution in [3.8, 4) is 11.3 Å². The Bertz CT molecular complexity index is 1020. The molecule has 1 aliphatic heterocycles. The Morgan fingerprint density at radius 3 is 2.96 bits per heavy atom. The number of aromatic amines is 1. The van der Waals surface area contributed by atoms with Crippen LogP contribution in [0.3, 0.4) is 0 Å². The van der Waals surface area contributed by atoms with E-state index in [-0.39, 0.29) is 12.0 Å². The minimum absolute atomic E-state index is 0.0787. The zero-order chi connectivity index (χ0) is 18.8. The normalized spacial score (nSPS) is 16.2. The first-order valence-electron chi connectivity index (χ1n) is 9.19. The number of fused-ring (bicyclic) bond motifs is 1. The van der Waals surface area contributed by atoms with Crippen molar-refractivity contribution in [2.45, 2.75) is 32.8 Å². The van der Waals surface area contributed by atoms with E-state index in [1.54, 1.807) is 0 Å². The van der Waals surface area contributed by atoms with Gasteiger partial charge in [0.05, 0.1) is 17.8 Å². The van der Waals surface area contributed by atoms with E-state index in [1.807, 2.05) is 36.4 Å². The highest BCUT2D eigenvalue weighted by atomic mass is 16.6. The number of nitrogens with zero attached hydrogens (tertiary/aromatic N) is 2. The Morgan fingerprint density at radius 2 is 2.15 bits per heavy atom. The van der Waals surface area contributed by atoms with E-state index in [4.69, 9.17) is 4.84 Å². The van der Waals surface area contributed by atoms with Gasteiger partial charge in [0.2, 0.25) is 0 Å². The molecule has 1 aromatic heterocycles. The summed E-state index contributed by atoms with van der Waals surface area (Å²) in [5.74, 6) is -0.123. The summed E-state index contributed by atoms with van der Waals surface area (Å²) >= 11 is 0. The number of aromatic nitrogens is 2. The molecule has 6 heteroatoms. The molecule has 0 saturated carbocycles. The second kappa shape index (κ2) is 7.23. The number of benzene rings is 2. The van der Waals surface area contributed by atoms with Crippen molar-refractivity contribution in [1.29, 1.82) is 0 Å². The monoisotopic (exact) mass is 362 g/mol. The van der Waals surface area contributed by atoms with E-state index in [9.17, 15) is 4.79 Å². The molecule has 1 aliphatic rings. The molecule has 0 aliphatic carbocycles. The van der Waals surface area contributed by atoms with Crippen molar-refractivity contribution in [2.24, 2.45) is 5.16 Å². The molecule has 2 aromatic carbocycles. The molecule has 2 N–H and O–H groups in total. The van der Waals surface area contributed by atoms with Gasteiger partial charge in [0.1, 0.15) is 11.8 Å². The summed E-state index contributed by atoms with van der Waals surface area (Å²) in [4.78, 5) is 17.9. The minimum Gasteiger partial charge on any atom is -0.390 e. The summed E-state index contributed by atoms with van der Waals surface area (Å²) in [7, 11) is 0. The summed E-state index contributed by atoms with van der Waals surface area (Å²) in [6.07, 6.45) is 1.57. The summed E-state index contributed by atoms with van der Waals surface area (Å²) < 4.78 is 0. The molecule has 6 nitrogen and oxygen atoms in total. The van der Waals surface area contributed by atoms with E-state index >= 15 is 0 Å². The Hall–Kier alpha value is -3.15. The van der Waals surface area contributed by atoms with Gasteiger partial charge in [-0.1, -0.05) is 36.3 Å². The molecule has 0 saturated heterocycles. The highest BCUT2D eigenvalue weighted by Gasteiger charge is 2.21. The molecular weight excluding hydrogens is 340 g/mol. The molecule has 3 aromatic rings. The third-order valence-corrected chi connectivity index (χ3v) is 4.89. The van der Waals surface area contributed by atoms with E-state index in [2.05, 4.69) is 40.6 Å². The molecule has 0 spiro atoms. The molecule has 0 fully saturated rings. The van der Waals surface area contributed by atoms with Crippen LogP contribution in [-0.2, 0) is 4.84 Å². The number of hydrogen-bond acceptors (Lipinski definition) is 4. The number of hydrogen-bond donors (Lipinski definition) is 2. The van der Waals surface area contributed by atoms with Gasteiger partial charge in [-0.25, -0.2) is 0 Å². The molecule has 138 valence electrons. The topological polar surface area (TPSA) is 79.4 Å². The molecule has 4 rings (SSSR count). The third-order valence-electron chi connectivity index (χ3n) is 4.89. The van der Waals surface area contributed by atoms with Gasteiger partial charge in [-0.2, -0.15) is 5.10 Å². The smallest absolute Gasteiger partial charge is 0.251 e. The van der Waals surface area contributed by atoms with Crippen LogP contribution in [0.4, 0.5) is 0 Å². The molecule has 1 atom stereocenters. The zero-order valence-electron chi connectivity index (χ0n) is 15.5. The minimum atomic E-state index is -0.123. The quantitative estimate of drug-likeness (QED) is 0.724. The van der Waals surface area contributed by atoms with E-state index in [1.165, 1.54) is 0 Å². The van der Waals surface area contributed by atoms with Crippen molar-refractivity contribution < 1.29 is 9.63 Å². The molecule has 27 heavy (non-hydrogen) atoms. The number of nitrogens with one attached hydrogen (secondary N) is 2. The van der Waals surface area contributed by atoms with Gasteiger partial charge in [0, 0.05) is 22.9 Å². The standard InChI is InChI=1S/C21H22N4O2/c1-3-16-11-17(27-25-16)12-22-21(26)15-8-5-7-14(10-15)20-19-13(2)6-4-9-18(19)23-24-20/h4-10,17H,3,11-12H2,1-2H3,(H,22,26)(H,23,24)/t17-/m0/s1. The number of rotatable bonds is 5. The van der Waals surface area contributed by atoms with Gasteiger partial charge in [0.25, 0.3) is 5.91 Å². The Labute approximate surface area is 157 Å². The fourth-order valence-electron chi connectivity index (χ4n) is 3.38. The number of amides is 1. The number of carbonyl (C=O) groups excluding carboxylic acids is 1. The molecule has 0 unspecified atom stereocenters. The van der Waals surface area contributed by atoms with Crippen LogP contribution in [0, 0.1) is 6.92 Å². The highest BCUT2D eigenvalue weighted by molar-refractivity contribution is 5.99. The Kier molecular flexibility index (Phi) is 4.62. The van der Waals surface area contributed by atoms with Crippen LogP contribution < -0.4 is 5.32 Å². The largest absolute Gasteiger partial charge is 0.390 e. The summed E-state index contributed by atoms with van der Waals surface area (Å²) in [6.45, 7) is 4.56. The third kappa shape index (κ3) is 3.43. The molecule has 0 bridgehead atoms. The lowest BCUT2D eigenvalue weighted by Gasteiger charge is -2.10. The van der Waals surface area contributed by atoms with E-state index in [0.29, 0.717) is 12.1 Å². The van der Waals surface area contributed by atoms with Crippen molar-refractivity contribution in [2.75, 3.05) is 6.54 Å². The summed E-state index contributed by atoms with van der Waals surface area (Å²) in [5.41, 5.74) is 5.56. The van der Waals surface area contributed by atoms with Crippen LogP contribution in [0.5, 0.6) is 0 Å². The predicted molar refractivity (Wildman–Crippen MR) is 106 cm³/mol. The number of aryl methyl sites for hydroxylation is 1. The van der Waals surface area contributed by atoms with Crippen LogP contribution in [0.25, 0.3) is 22.2 Å². The van der Waals surface area contributed by atoms with Crippen molar-refractivity contribution in [3.05, 3.63) is 53.6 Å². The van der Waals surface area contributed by atoms with Crippen LogP contribution in [-0.4, -0.2) is 34.5 Å². The van der Waals surface area contributed by atoms with Gasteiger partial charge in [0.15, 0.2) is 0 Å². The average molecular weight is 362 g/mol. The first-order chi connectivity index (χ1) is 13.2. The molecule has 1 amide bonds. The van der Waals surface area contributed by atoms with E-state index < -0.39 is 0 Å². The van der Waals surface area contributed by atoms with Gasteiger partial charge in [-0.05, 0) is 37.1 Å². The van der Waals surface area contributed by atoms with Gasteiger partial charge >= 0.3 is 0 Å². The fourth-order valence-corrected chi connectivity index (χ4v) is 3.38.